The summed E-state index contributed by atoms with van der Waals surface area (Å²) in [5, 5.41) is 58.1. The molecule has 136 valence electrons. The number of hydrogen-bond acceptors (Lipinski definition) is 9. The molecule has 0 aromatic carbocycles. The number of hydrogen-bond donors (Lipinski definition) is 8. The van der Waals surface area contributed by atoms with Crippen LogP contribution in [-0.2, 0) is 14.2 Å². The summed E-state index contributed by atoms with van der Waals surface area (Å²) in [6.45, 7) is -1.08. The fourth-order valence-corrected chi connectivity index (χ4v) is 2.73. The van der Waals surface area contributed by atoms with Crippen molar-refractivity contribution in [2.75, 3.05) is 13.2 Å². The summed E-state index contributed by atoms with van der Waals surface area (Å²) in [5.74, 6) is 0. The van der Waals surface area contributed by atoms with E-state index in [0.29, 0.717) is 0 Å². The zero-order valence-electron chi connectivity index (χ0n) is 12.5. The van der Waals surface area contributed by atoms with Crippen LogP contribution in [0, 0.1) is 0 Å². The minimum absolute atomic E-state index is 0.533. The molecule has 2 saturated heterocycles. The van der Waals surface area contributed by atoms with Gasteiger partial charge in [-0.3, -0.25) is 0 Å². The largest absolute Gasteiger partial charge is 0.394 e. The van der Waals surface area contributed by atoms with E-state index in [9.17, 15) is 30.6 Å². The highest BCUT2D eigenvalue weighted by Gasteiger charge is 2.51. The van der Waals surface area contributed by atoms with Crippen molar-refractivity contribution in [3.8, 4) is 0 Å². The van der Waals surface area contributed by atoms with Crippen molar-refractivity contribution in [1.29, 1.82) is 0 Å². The average molecular weight is 342 g/mol. The van der Waals surface area contributed by atoms with Gasteiger partial charge in [-0.1, -0.05) is 0 Å². The molecule has 0 radical (unpaired) electrons. The summed E-state index contributed by atoms with van der Waals surface area (Å²) >= 11 is 0. The Bertz CT molecular complexity index is 386. The standard InChI is InChI=1S/C12H24N2O9/c13-5-9(19)10(4(2-16)21-11(5)20)23-12-6(14)8(18)7(17)3(1-15)22-12/h3-12,15-20H,1-2,13-14H2/p+2/t3-,4-,5-,6-,7-,8-,9-,10-,11?,12+/m1/s1. The van der Waals surface area contributed by atoms with Gasteiger partial charge in [-0.2, -0.15) is 0 Å². The Morgan fingerprint density at radius 2 is 1.39 bits per heavy atom. The van der Waals surface area contributed by atoms with Crippen LogP contribution in [0.2, 0.25) is 0 Å². The van der Waals surface area contributed by atoms with Crippen LogP contribution < -0.4 is 11.5 Å². The zero-order chi connectivity index (χ0) is 17.3. The van der Waals surface area contributed by atoms with Crippen LogP contribution in [0.3, 0.4) is 0 Å². The molecule has 2 fully saturated rings. The molecule has 23 heavy (non-hydrogen) atoms. The van der Waals surface area contributed by atoms with Crippen LogP contribution in [0.5, 0.6) is 0 Å². The van der Waals surface area contributed by atoms with Gasteiger partial charge in [0.1, 0.15) is 36.6 Å². The monoisotopic (exact) mass is 342 g/mol. The van der Waals surface area contributed by atoms with Crippen LogP contribution in [0.15, 0.2) is 0 Å². The highest BCUT2D eigenvalue weighted by atomic mass is 16.7. The van der Waals surface area contributed by atoms with Gasteiger partial charge in [0.15, 0.2) is 12.1 Å². The Balaban J connectivity index is 2.11. The minimum atomic E-state index is -1.36. The minimum Gasteiger partial charge on any atom is -0.394 e. The third-order valence-corrected chi connectivity index (χ3v) is 4.30. The van der Waals surface area contributed by atoms with E-state index in [1.165, 1.54) is 0 Å². The van der Waals surface area contributed by atoms with Gasteiger partial charge in [0.25, 0.3) is 0 Å². The van der Waals surface area contributed by atoms with Gasteiger partial charge in [0.2, 0.25) is 12.6 Å². The third-order valence-electron chi connectivity index (χ3n) is 4.30. The maximum Gasteiger partial charge on any atom is 0.214 e. The van der Waals surface area contributed by atoms with Gasteiger partial charge < -0.3 is 56.3 Å². The van der Waals surface area contributed by atoms with E-state index >= 15 is 0 Å². The Morgan fingerprint density at radius 3 is 1.96 bits per heavy atom. The normalized spacial score (nSPS) is 51.7. The van der Waals surface area contributed by atoms with Crippen LogP contribution in [-0.4, -0.2) is 105 Å². The van der Waals surface area contributed by atoms with Crippen molar-refractivity contribution < 1.29 is 56.3 Å². The summed E-state index contributed by atoms with van der Waals surface area (Å²) in [7, 11) is 0. The predicted molar refractivity (Wildman–Crippen MR) is 70.0 cm³/mol. The van der Waals surface area contributed by atoms with E-state index in [4.69, 9.17) is 14.2 Å². The van der Waals surface area contributed by atoms with Gasteiger partial charge in [0.05, 0.1) is 13.2 Å². The molecular formula is C12H26N2O9+2. The lowest BCUT2D eigenvalue weighted by atomic mass is 9.95. The predicted octanol–water partition coefficient (Wildman–Crippen LogP) is -6.90. The number of ether oxygens (including phenoxy) is 3. The molecule has 0 spiro atoms. The highest BCUT2D eigenvalue weighted by molar-refractivity contribution is 4.92. The second-order valence-electron chi connectivity index (χ2n) is 5.87. The molecule has 0 amide bonds. The topological polar surface area (TPSA) is 204 Å². The van der Waals surface area contributed by atoms with Gasteiger partial charge in [-0.25, -0.2) is 0 Å². The first kappa shape index (κ1) is 18.9. The zero-order valence-corrected chi connectivity index (χ0v) is 12.5. The van der Waals surface area contributed by atoms with Gasteiger partial charge >= 0.3 is 0 Å². The van der Waals surface area contributed by atoms with Crippen LogP contribution in [0.4, 0.5) is 0 Å². The molecule has 2 aliphatic heterocycles. The van der Waals surface area contributed by atoms with Crippen LogP contribution >= 0.6 is 0 Å². The quantitative estimate of drug-likeness (QED) is 0.244. The van der Waals surface area contributed by atoms with E-state index in [-0.39, 0.29) is 0 Å². The number of rotatable bonds is 4. The van der Waals surface area contributed by atoms with Crippen molar-refractivity contribution in [2.45, 2.75) is 61.3 Å². The first-order valence-corrected chi connectivity index (χ1v) is 7.38. The smallest absolute Gasteiger partial charge is 0.214 e. The van der Waals surface area contributed by atoms with Crippen LogP contribution in [0.1, 0.15) is 0 Å². The van der Waals surface area contributed by atoms with Gasteiger partial charge in [-0.15, -0.1) is 0 Å². The summed E-state index contributed by atoms with van der Waals surface area (Å²) in [6, 6.07) is -1.83. The summed E-state index contributed by atoms with van der Waals surface area (Å²) in [4.78, 5) is 0. The van der Waals surface area contributed by atoms with E-state index in [0.717, 1.165) is 0 Å². The summed E-state index contributed by atoms with van der Waals surface area (Å²) < 4.78 is 16.1. The molecule has 0 aromatic rings. The lowest BCUT2D eigenvalue weighted by Crippen LogP contribution is -2.81. The fraction of sp³-hybridized carbons (Fsp3) is 1.00. The van der Waals surface area contributed by atoms with Crippen molar-refractivity contribution in [3.63, 3.8) is 0 Å². The molecule has 0 aliphatic carbocycles. The van der Waals surface area contributed by atoms with Gasteiger partial charge in [-0.05, 0) is 0 Å². The first-order valence-electron chi connectivity index (χ1n) is 7.38. The molecule has 2 rings (SSSR count). The molecule has 2 aliphatic rings. The lowest BCUT2D eigenvalue weighted by molar-refractivity contribution is -0.522. The Kier molecular flexibility index (Phi) is 6.27. The second-order valence-corrected chi connectivity index (χ2v) is 5.87. The molecule has 12 N–H and O–H groups in total. The molecule has 0 aromatic heterocycles. The lowest BCUT2D eigenvalue weighted by Gasteiger charge is -2.43. The number of aliphatic hydroxyl groups excluding tert-OH is 6. The molecule has 11 heteroatoms. The molecular weight excluding hydrogens is 316 g/mol. The summed E-state index contributed by atoms with van der Waals surface area (Å²) in [5.41, 5.74) is 7.24. The van der Waals surface area contributed by atoms with Gasteiger partial charge in [0, 0.05) is 0 Å². The van der Waals surface area contributed by atoms with Crippen LogP contribution in [0.25, 0.3) is 0 Å². The van der Waals surface area contributed by atoms with Crippen molar-refractivity contribution in [2.24, 2.45) is 0 Å². The Morgan fingerprint density at radius 1 is 0.783 bits per heavy atom. The maximum atomic E-state index is 10.2. The molecule has 1 unspecified atom stereocenters. The fourth-order valence-electron chi connectivity index (χ4n) is 2.73. The van der Waals surface area contributed by atoms with E-state index in [2.05, 4.69) is 11.5 Å². The van der Waals surface area contributed by atoms with Crippen molar-refractivity contribution >= 4 is 0 Å². The SMILES string of the molecule is [NH3+][C@H]1[C@H](O[C@H]2[C@H](O)[C@@H]([NH3+])C(O)O[C@@H]2CO)O[C@H](CO)[C@@H](O)[C@@H]1O. The summed E-state index contributed by atoms with van der Waals surface area (Å²) in [6.07, 6.45) is -9.63. The molecule has 11 nitrogen and oxygen atoms in total. The Hall–Kier alpha value is -0.440. The Labute approximate surface area is 132 Å². The molecule has 10 atom stereocenters. The molecule has 0 saturated carbocycles. The second kappa shape index (κ2) is 7.63. The van der Waals surface area contributed by atoms with E-state index in [1.807, 2.05) is 0 Å². The van der Waals surface area contributed by atoms with E-state index in [1.54, 1.807) is 0 Å². The average Bonchev–Trinajstić information content (AvgIpc) is 2.55. The maximum absolute atomic E-state index is 10.2. The molecule has 0 bridgehead atoms. The van der Waals surface area contributed by atoms with Crippen molar-refractivity contribution in [1.82, 2.24) is 0 Å². The first-order chi connectivity index (χ1) is 10.8. The van der Waals surface area contributed by atoms with E-state index < -0.39 is 74.5 Å². The number of aliphatic hydroxyl groups is 6. The third kappa shape index (κ3) is 3.65. The number of quaternary nitrogens is 2. The van der Waals surface area contributed by atoms with Crippen molar-refractivity contribution in [3.05, 3.63) is 0 Å². The highest BCUT2D eigenvalue weighted by Crippen LogP contribution is 2.26. The molecule has 2 heterocycles.